The lowest BCUT2D eigenvalue weighted by molar-refractivity contribution is -0.133. The van der Waals surface area contributed by atoms with Gasteiger partial charge in [0.2, 0.25) is 10.0 Å². The molecule has 2 aromatic rings. The molecule has 0 aliphatic carbocycles. The predicted molar refractivity (Wildman–Crippen MR) is 83.9 cm³/mol. The van der Waals surface area contributed by atoms with Crippen LogP contribution in [0.25, 0.3) is 0 Å². The van der Waals surface area contributed by atoms with Gasteiger partial charge in [0, 0.05) is 0 Å². The SMILES string of the molecule is Cc1ccc(OC(=O)CNS(=O)(=O)Cc2ccccc2)cc1. The van der Waals surface area contributed by atoms with Crippen LogP contribution < -0.4 is 9.46 Å². The first kappa shape index (κ1) is 16.2. The van der Waals surface area contributed by atoms with Crippen LogP contribution in [0.4, 0.5) is 0 Å². The van der Waals surface area contributed by atoms with Crippen LogP contribution >= 0.6 is 0 Å². The van der Waals surface area contributed by atoms with Crippen LogP contribution in [0.2, 0.25) is 0 Å². The number of carbonyl (C=O) groups excluding carboxylic acids is 1. The van der Waals surface area contributed by atoms with E-state index in [1.165, 1.54) is 0 Å². The molecule has 0 unspecified atom stereocenters. The Morgan fingerprint density at radius 3 is 2.32 bits per heavy atom. The Kier molecular flexibility index (Phi) is 5.30. The highest BCUT2D eigenvalue weighted by molar-refractivity contribution is 7.88. The molecule has 5 nitrogen and oxygen atoms in total. The van der Waals surface area contributed by atoms with Gasteiger partial charge in [0.05, 0.1) is 5.75 Å². The molecule has 0 saturated heterocycles. The van der Waals surface area contributed by atoms with Crippen molar-refractivity contribution in [1.29, 1.82) is 0 Å². The van der Waals surface area contributed by atoms with E-state index in [4.69, 9.17) is 4.74 Å². The first-order chi connectivity index (χ1) is 10.4. The molecule has 0 saturated carbocycles. The molecule has 0 aliphatic heterocycles. The highest BCUT2D eigenvalue weighted by Crippen LogP contribution is 2.11. The van der Waals surface area contributed by atoms with E-state index in [1.807, 2.05) is 25.1 Å². The third-order valence-corrected chi connectivity index (χ3v) is 4.19. The molecule has 0 radical (unpaired) electrons. The number of benzene rings is 2. The van der Waals surface area contributed by atoms with Gasteiger partial charge in [0.15, 0.2) is 0 Å². The van der Waals surface area contributed by atoms with E-state index in [2.05, 4.69) is 4.72 Å². The summed E-state index contributed by atoms with van der Waals surface area (Å²) in [7, 11) is -3.58. The number of nitrogens with one attached hydrogen (secondary N) is 1. The Bertz CT molecular complexity index is 725. The molecule has 0 bridgehead atoms. The van der Waals surface area contributed by atoms with E-state index in [-0.39, 0.29) is 5.75 Å². The molecule has 2 aromatic carbocycles. The van der Waals surface area contributed by atoms with Crippen molar-refractivity contribution in [2.24, 2.45) is 0 Å². The predicted octanol–water partition coefficient (Wildman–Crippen LogP) is 2.02. The van der Waals surface area contributed by atoms with Crippen LogP contribution in [-0.4, -0.2) is 20.9 Å². The van der Waals surface area contributed by atoms with Crippen LogP contribution in [0.5, 0.6) is 5.75 Å². The van der Waals surface area contributed by atoms with Gasteiger partial charge in [-0.15, -0.1) is 0 Å². The summed E-state index contributed by atoms with van der Waals surface area (Å²) >= 11 is 0. The number of carbonyl (C=O) groups is 1. The van der Waals surface area contributed by atoms with Gasteiger partial charge in [0.25, 0.3) is 0 Å². The lowest BCUT2D eigenvalue weighted by Gasteiger charge is -2.07. The normalized spacial score (nSPS) is 11.1. The number of rotatable bonds is 6. The maximum Gasteiger partial charge on any atom is 0.326 e. The zero-order valence-electron chi connectivity index (χ0n) is 12.2. The summed E-state index contributed by atoms with van der Waals surface area (Å²) in [6.45, 7) is 1.52. The topological polar surface area (TPSA) is 72.5 Å². The van der Waals surface area contributed by atoms with Gasteiger partial charge in [-0.05, 0) is 24.6 Å². The average Bonchev–Trinajstić information content (AvgIpc) is 2.48. The standard InChI is InChI=1S/C16H17NO4S/c1-13-7-9-15(10-8-13)21-16(18)11-17-22(19,20)12-14-5-3-2-4-6-14/h2-10,17H,11-12H2,1H3. The number of esters is 1. The zero-order valence-corrected chi connectivity index (χ0v) is 13.0. The van der Waals surface area contributed by atoms with Crippen LogP contribution in [0.15, 0.2) is 54.6 Å². The van der Waals surface area contributed by atoms with Crippen molar-refractivity contribution < 1.29 is 17.9 Å². The van der Waals surface area contributed by atoms with Crippen molar-refractivity contribution in [1.82, 2.24) is 4.72 Å². The van der Waals surface area contributed by atoms with Crippen molar-refractivity contribution in [3.8, 4) is 5.75 Å². The lowest BCUT2D eigenvalue weighted by atomic mass is 10.2. The summed E-state index contributed by atoms with van der Waals surface area (Å²) < 4.78 is 31.1. The third kappa shape index (κ3) is 5.31. The molecule has 1 N–H and O–H groups in total. The molecule has 0 amide bonds. The Hall–Kier alpha value is -2.18. The monoisotopic (exact) mass is 319 g/mol. The highest BCUT2D eigenvalue weighted by Gasteiger charge is 2.14. The van der Waals surface area contributed by atoms with Crippen LogP contribution in [0, 0.1) is 6.92 Å². The van der Waals surface area contributed by atoms with E-state index in [1.54, 1.807) is 36.4 Å². The fraction of sp³-hybridized carbons (Fsp3) is 0.188. The van der Waals surface area contributed by atoms with Gasteiger partial charge < -0.3 is 4.74 Å². The van der Waals surface area contributed by atoms with E-state index in [9.17, 15) is 13.2 Å². The van der Waals surface area contributed by atoms with E-state index in [0.717, 1.165) is 5.56 Å². The largest absolute Gasteiger partial charge is 0.426 e. The van der Waals surface area contributed by atoms with Crippen LogP contribution in [0.3, 0.4) is 0 Å². The number of hydrogen-bond donors (Lipinski definition) is 1. The maximum atomic E-state index is 11.9. The van der Waals surface area contributed by atoms with Gasteiger partial charge in [-0.1, -0.05) is 48.0 Å². The number of aryl methyl sites for hydroxylation is 1. The molecule has 0 fully saturated rings. The van der Waals surface area contributed by atoms with Gasteiger partial charge >= 0.3 is 5.97 Å². The van der Waals surface area contributed by atoms with Gasteiger partial charge in [-0.2, -0.15) is 0 Å². The third-order valence-electron chi connectivity index (χ3n) is 2.89. The van der Waals surface area contributed by atoms with Crippen molar-refractivity contribution in [2.45, 2.75) is 12.7 Å². The second-order valence-corrected chi connectivity index (χ2v) is 6.66. The Labute approximate surface area is 130 Å². The molecule has 22 heavy (non-hydrogen) atoms. The summed E-state index contributed by atoms with van der Waals surface area (Å²) in [5, 5.41) is 0. The second-order valence-electron chi connectivity index (χ2n) is 4.85. The molecule has 0 aliphatic rings. The molecular formula is C16H17NO4S. The summed E-state index contributed by atoms with van der Waals surface area (Å²) in [6, 6.07) is 15.7. The minimum Gasteiger partial charge on any atom is -0.426 e. The molecule has 0 aromatic heterocycles. The van der Waals surface area contributed by atoms with Gasteiger partial charge in [-0.3, -0.25) is 4.79 Å². The first-order valence-electron chi connectivity index (χ1n) is 6.73. The van der Waals surface area contributed by atoms with Crippen molar-refractivity contribution in [3.63, 3.8) is 0 Å². The second kappa shape index (κ2) is 7.20. The summed E-state index contributed by atoms with van der Waals surface area (Å²) in [5.74, 6) is -0.440. The fourth-order valence-electron chi connectivity index (χ4n) is 1.79. The first-order valence-corrected chi connectivity index (χ1v) is 8.38. The molecule has 6 heteroatoms. The molecule has 0 spiro atoms. The molecule has 116 valence electrons. The molecule has 2 rings (SSSR count). The zero-order chi connectivity index (χ0) is 16.0. The van der Waals surface area contributed by atoms with Crippen molar-refractivity contribution in [2.75, 3.05) is 6.54 Å². The van der Waals surface area contributed by atoms with Crippen molar-refractivity contribution in [3.05, 3.63) is 65.7 Å². The Morgan fingerprint density at radius 2 is 1.68 bits per heavy atom. The minimum atomic E-state index is -3.58. The maximum absolute atomic E-state index is 11.9. The van der Waals surface area contributed by atoms with Crippen LogP contribution in [0.1, 0.15) is 11.1 Å². The smallest absolute Gasteiger partial charge is 0.326 e. The Morgan fingerprint density at radius 1 is 1.05 bits per heavy atom. The van der Waals surface area contributed by atoms with Gasteiger partial charge in [0.1, 0.15) is 12.3 Å². The minimum absolute atomic E-state index is 0.175. The lowest BCUT2D eigenvalue weighted by Crippen LogP contribution is -2.32. The number of sulfonamides is 1. The average molecular weight is 319 g/mol. The summed E-state index contributed by atoms with van der Waals surface area (Å²) in [5.41, 5.74) is 1.70. The van der Waals surface area contributed by atoms with Crippen LogP contribution in [-0.2, 0) is 20.6 Å². The quantitative estimate of drug-likeness (QED) is 0.653. The number of hydrogen-bond acceptors (Lipinski definition) is 4. The molecular weight excluding hydrogens is 302 g/mol. The highest BCUT2D eigenvalue weighted by atomic mass is 32.2. The van der Waals surface area contributed by atoms with Gasteiger partial charge in [-0.25, -0.2) is 13.1 Å². The molecule has 0 atom stereocenters. The number of ether oxygens (including phenoxy) is 1. The Balaban J connectivity index is 1.86. The van der Waals surface area contributed by atoms with Crippen molar-refractivity contribution >= 4 is 16.0 Å². The fourth-order valence-corrected chi connectivity index (χ4v) is 2.86. The summed E-state index contributed by atoms with van der Waals surface area (Å²) in [4.78, 5) is 11.6. The summed E-state index contributed by atoms with van der Waals surface area (Å²) in [6.07, 6.45) is 0. The van der Waals surface area contributed by atoms with E-state index < -0.39 is 22.5 Å². The van der Waals surface area contributed by atoms with E-state index >= 15 is 0 Å². The van der Waals surface area contributed by atoms with E-state index in [0.29, 0.717) is 11.3 Å². The molecule has 0 heterocycles.